The largest absolute Gasteiger partial charge is 0.508 e. The molecule has 0 spiro atoms. The van der Waals surface area contributed by atoms with Gasteiger partial charge >= 0.3 is 5.97 Å². The Morgan fingerprint density at radius 1 is 1.28 bits per heavy atom. The van der Waals surface area contributed by atoms with Gasteiger partial charge in [0.15, 0.2) is 0 Å². The highest BCUT2D eigenvalue weighted by Gasteiger charge is 2.26. The van der Waals surface area contributed by atoms with Crippen molar-refractivity contribution in [3.05, 3.63) is 29.3 Å². The van der Waals surface area contributed by atoms with E-state index in [4.69, 9.17) is 5.11 Å². The summed E-state index contributed by atoms with van der Waals surface area (Å²) in [6.07, 6.45) is 4.30. The van der Waals surface area contributed by atoms with Crippen molar-refractivity contribution in [3.8, 4) is 5.75 Å². The maximum absolute atomic E-state index is 10.9. The van der Waals surface area contributed by atoms with E-state index >= 15 is 0 Å². The Balaban J connectivity index is 1.95. The zero-order valence-electron chi connectivity index (χ0n) is 10.7. The lowest BCUT2D eigenvalue weighted by Crippen LogP contribution is -2.22. The second kappa shape index (κ2) is 5.42. The van der Waals surface area contributed by atoms with Crippen LogP contribution >= 0.6 is 0 Å². The number of carbonyl (C=O) groups is 1. The van der Waals surface area contributed by atoms with Crippen molar-refractivity contribution < 1.29 is 15.0 Å². The first-order valence-electron chi connectivity index (χ1n) is 6.57. The molecule has 3 heteroatoms. The van der Waals surface area contributed by atoms with Crippen LogP contribution in [0.25, 0.3) is 0 Å². The molecule has 0 bridgehead atoms. The minimum atomic E-state index is -0.660. The number of aryl methyl sites for hydroxylation is 1. The number of carboxylic acids is 1. The molecule has 18 heavy (non-hydrogen) atoms. The van der Waals surface area contributed by atoms with Crippen molar-refractivity contribution in [2.24, 2.45) is 11.8 Å². The molecule has 98 valence electrons. The number of phenols is 1. The molecule has 1 fully saturated rings. The number of benzene rings is 1. The average molecular weight is 248 g/mol. The van der Waals surface area contributed by atoms with Crippen LogP contribution in [0.3, 0.4) is 0 Å². The molecule has 1 aliphatic carbocycles. The summed E-state index contributed by atoms with van der Waals surface area (Å²) in [5, 5.41) is 18.8. The van der Waals surface area contributed by atoms with Crippen LogP contribution in [0.5, 0.6) is 5.75 Å². The van der Waals surface area contributed by atoms with Gasteiger partial charge in [0, 0.05) is 0 Å². The molecule has 0 radical (unpaired) electrons. The zero-order valence-corrected chi connectivity index (χ0v) is 10.7. The molecule has 0 amide bonds. The molecule has 0 aliphatic heterocycles. The molecular weight excluding hydrogens is 228 g/mol. The standard InChI is InChI=1S/C15H20O3/c1-10-2-7-14(16)13(8-10)9-11-3-5-12(6-4-11)15(17)18/h2,7-8,11-12,16H,3-6,9H2,1H3,(H,17,18). The van der Waals surface area contributed by atoms with E-state index in [1.165, 1.54) is 0 Å². The quantitative estimate of drug-likeness (QED) is 0.864. The lowest BCUT2D eigenvalue weighted by molar-refractivity contribution is -0.143. The Morgan fingerprint density at radius 2 is 1.94 bits per heavy atom. The molecule has 0 atom stereocenters. The summed E-state index contributed by atoms with van der Waals surface area (Å²) in [7, 11) is 0. The van der Waals surface area contributed by atoms with Crippen molar-refractivity contribution in [1.82, 2.24) is 0 Å². The van der Waals surface area contributed by atoms with Gasteiger partial charge in [-0.3, -0.25) is 4.79 Å². The Hall–Kier alpha value is -1.51. The number of aliphatic carboxylic acids is 1. The fraction of sp³-hybridized carbons (Fsp3) is 0.533. The van der Waals surface area contributed by atoms with Crippen molar-refractivity contribution >= 4 is 5.97 Å². The number of aromatic hydroxyl groups is 1. The predicted molar refractivity (Wildman–Crippen MR) is 69.6 cm³/mol. The summed E-state index contributed by atoms with van der Waals surface area (Å²) >= 11 is 0. The maximum atomic E-state index is 10.9. The van der Waals surface area contributed by atoms with E-state index in [0.717, 1.165) is 43.2 Å². The second-order valence-electron chi connectivity index (χ2n) is 5.39. The summed E-state index contributed by atoms with van der Waals surface area (Å²) in [4.78, 5) is 10.9. The average Bonchev–Trinajstić information content (AvgIpc) is 2.34. The minimum absolute atomic E-state index is 0.160. The third-order valence-electron chi connectivity index (χ3n) is 3.94. The van der Waals surface area contributed by atoms with Crippen LogP contribution in [-0.2, 0) is 11.2 Å². The van der Waals surface area contributed by atoms with Crippen LogP contribution in [0.4, 0.5) is 0 Å². The van der Waals surface area contributed by atoms with Gasteiger partial charge in [-0.2, -0.15) is 0 Å². The van der Waals surface area contributed by atoms with Crippen LogP contribution in [0.2, 0.25) is 0 Å². The Morgan fingerprint density at radius 3 is 2.56 bits per heavy atom. The van der Waals surface area contributed by atoms with Gasteiger partial charge in [-0.15, -0.1) is 0 Å². The summed E-state index contributed by atoms with van der Waals surface area (Å²) in [5.74, 6) is 0.0495. The highest BCUT2D eigenvalue weighted by molar-refractivity contribution is 5.70. The number of carboxylic acid groups (broad SMARTS) is 1. The molecule has 2 N–H and O–H groups in total. The first-order chi connectivity index (χ1) is 8.56. The van der Waals surface area contributed by atoms with Crippen LogP contribution in [0, 0.1) is 18.8 Å². The number of hydrogen-bond donors (Lipinski definition) is 2. The van der Waals surface area contributed by atoms with Gasteiger partial charge < -0.3 is 10.2 Å². The van der Waals surface area contributed by atoms with Gasteiger partial charge in [0.1, 0.15) is 5.75 Å². The highest BCUT2D eigenvalue weighted by Crippen LogP contribution is 2.33. The topological polar surface area (TPSA) is 57.5 Å². The monoisotopic (exact) mass is 248 g/mol. The van der Waals surface area contributed by atoms with Crippen LogP contribution < -0.4 is 0 Å². The molecule has 0 saturated heterocycles. The van der Waals surface area contributed by atoms with Crippen LogP contribution in [-0.4, -0.2) is 16.2 Å². The van der Waals surface area contributed by atoms with Crippen molar-refractivity contribution in [1.29, 1.82) is 0 Å². The fourth-order valence-electron chi connectivity index (χ4n) is 2.80. The van der Waals surface area contributed by atoms with Gasteiger partial charge in [0.05, 0.1) is 5.92 Å². The van der Waals surface area contributed by atoms with Crippen molar-refractivity contribution in [2.45, 2.75) is 39.0 Å². The van der Waals surface area contributed by atoms with Gasteiger partial charge in [0.2, 0.25) is 0 Å². The predicted octanol–water partition coefficient (Wildman–Crippen LogP) is 3.13. The molecule has 1 aromatic carbocycles. The second-order valence-corrected chi connectivity index (χ2v) is 5.39. The number of phenolic OH excluding ortho intramolecular Hbond substituents is 1. The Kier molecular flexibility index (Phi) is 3.90. The first kappa shape index (κ1) is 12.9. The molecule has 0 aromatic heterocycles. The number of hydrogen-bond acceptors (Lipinski definition) is 2. The van der Waals surface area contributed by atoms with E-state index in [-0.39, 0.29) is 5.92 Å². The minimum Gasteiger partial charge on any atom is -0.508 e. The molecule has 0 unspecified atom stereocenters. The summed E-state index contributed by atoms with van der Waals surface area (Å²) < 4.78 is 0. The lowest BCUT2D eigenvalue weighted by atomic mass is 9.79. The molecule has 2 rings (SSSR count). The molecule has 3 nitrogen and oxygen atoms in total. The van der Waals surface area contributed by atoms with E-state index in [2.05, 4.69) is 0 Å². The van der Waals surface area contributed by atoms with E-state index in [1.54, 1.807) is 6.07 Å². The van der Waals surface area contributed by atoms with Gasteiger partial charge in [-0.1, -0.05) is 17.7 Å². The normalized spacial score (nSPS) is 23.8. The molecule has 0 heterocycles. The molecular formula is C15H20O3. The molecule has 1 saturated carbocycles. The lowest BCUT2D eigenvalue weighted by Gasteiger charge is -2.26. The third-order valence-corrected chi connectivity index (χ3v) is 3.94. The van der Waals surface area contributed by atoms with E-state index in [0.29, 0.717) is 11.7 Å². The molecule has 1 aromatic rings. The van der Waals surface area contributed by atoms with Crippen LogP contribution in [0.1, 0.15) is 36.8 Å². The highest BCUT2D eigenvalue weighted by atomic mass is 16.4. The van der Waals surface area contributed by atoms with E-state index in [9.17, 15) is 9.90 Å². The van der Waals surface area contributed by atoms with E-state index in [1.807, 2.05) is 19.1 Å². The van der Waals surface area contributed by atoms with Gasteiger partial charge in [0.25, 0.3) is 0 Å². The first-order valence-corrected chi connectivity index (χ1v) is 6.57. The van der Waals surface area contributed by atoms with E-state index < -0.39 is 5.97 Å². The smallest absolute Gasteiger partial charge is 0.306 e. The Bertz CT molecular complexity index is 431. The summed E-state index contributed by atoms with van der Waals surface area (Å²) in [6, 6.07) is 5.67. The SMILES string of the molecule is Cc1ccc(O)c(CC2CCC(C(=O)O)CC2)c1. The fourth-order valence-corrected chi connectivity index (χ4v) is 2.80. The van der Waals surface area contributed by atoms with Crippen LogP contribution in [0.15, 0.2) is 18.2 Å². The summed E-state index contributed by atoms with van der Waals surface area (Å²) in [6.45, 7) is 2.02. The maximum Gasteiger partial charge on any atom is 0.306 e. The van der Waals surface area contributed by atoms with Gasteiger partial charge in [-0.05, 0) is 56.6 Å². The van der Waals surface area contributed by atoms with Gasteiger partial charge in [-0.25, -0.2) is 0 Å². The number of rotatable bonds is 3. The zero-order chi connectivity index (χ0) is 13.1. The van der Waals surface area contributed by atoms with Crippen molar-refractivity contribution in [2.75, 3.05) is 0 Å². The molecule has 1 aliphatic rings. The Labute approximate surface area is 107 Å². The summed E-state index contributed by atoms with van der Waals surface area (Å²) in [5.41, 5.74) is 2.15. The third kappa shape index (κ3) is 3.03. The van der Waals surface area contributed by atoms with Crippen molar-refractivity contribution in [3.63, 3.8) is 0 Å².